The van der Waals surface area contributed by atoms with E-state index >= 15 is 0 Å². The van der Waals surface area contributed by atoms with Gasteiger partial charge >= 0.3 is 0 Å². The number of halogens is 2. The van der Waals surface area contributed by atoms with Gasteiger partial charge in [-0.15, -0.1) is 0 Å². The molecule has 0 saturated heterocycles. The Morgan fingerprint density at radius 3 is 2.38 bits per heavy atom. The lowest BCUT2D eigenvalue weighted by atomic mass is 10.1. The lowest BCUT2D eigenvalue weighted by Gasteiger charge is -2.04. The van der Waals surface area contributed by atoms with Gasteiger partial charge in [0.2, 0.25) is 0 Å². The van der Waals surface area contributed by atoms with E-state index in [0.717, 1.165) is 0 Å². The Morgan fingerprint density at radius 1 is 1.12 bits per heavy atom. The number of carbonyl (C=O) groups excluding carboxylic acids is 1. The van der Waals surface area contributed by atoms with Crippen molar-refractivity contribution >= 4 is 29.0 Å². The fraction of sp³-hybridized carbons (Fsp3) is 0.0833. The minimum atomic E-state index is -0.148. The van der Waals surface area contributed by atoms with Crippen molar-refractivity contribution in [3.8, 4) is 0 Å². The van der Waals surface area contributed by atoms with Gasteiger partial charge < -0.3 is 4.42 Å². The molecule has 0 aliphatic heterocycles. The molecule has 0 amide bonds. The van der Waals surface area contributed by atoms with E-state index < -0.39 is 0 Å². The molecule has 0 radical (unpaired) electrons. The van der Waals surface area contributed by atoms with Crippen molar-refractivity contribution in [1.29, 1.82) is 0 Å². The van der Waals surface area contributed by atoms with Crippen LogP contribution in [0.25, 0.3) is 0 Å². The summed E-state index contributed by atoms with van der Waals surface area (Å²) in [6.07, 6.45) is 1.69. The molecule has 1 aromatic carbocycles. The van der Waals surface area contributed by atoms with Gasteiger partial charge in [0.15, 0.2) is 5.78 Å². The summed E-state index contributed by atoms with van der Waals surface area (Å²) >= 11 is 11.9. The minimum Gasteiger partial charge on any atom is -0.469 e. The monoisotopic (exact) mass is 254 g/mol. The van der Waals surface area contributed by atoms with E-state index in [0.29, 0.717) is 21.4 Å². The van der Waals surface area contributed by atoms with Crippen molar-refractivity contribution < 1.29 is 9.21 Å². The van der Waals surface area contributed by atoms with Crippen molar-refractivity contribution in [3.05, 3.63) is 58.0 Å². The predicted molar refractivity (Wildman–Crippen MR) is 63.2 cm³/mol. The summed E-state index contributed by atoms with van der Waals surface area (Å²) in [5.41, 5.74) is 0.349. The molecule has 2 nitrogen and oxygen atoms in total. The van der Waals surface area contributed by atoms with Gasteiger partial charge in [0.05, 0.1) is 28.3 Å². The maximum absolute atomic E-state index is 11.9. The van der Waals surface area contributed by atoms with Crippen LogP contribution in [-0.2, 0) is 6.42 Å². The SMILES string of the molecule is O=C(Cc1ccco1)c1c(Cl)cccc1Cl. The van der Waals surface area contributed by atoms with Crippen LogP contribution >= 0.6 is 23.2 Å². The molecule has 0 N–H and O–H groups in total. The third kappa shape index (κ3) is 2.29. The molecule has 0 spiro atoms. The number of Topliss-reactive ketones (excluding diaryl/α,β-unsaturated/α-hetero) is 1. The Morgan fingerprint density at radius 2 is 1.81 bits per heavy atom. The molecule has 4 heteroatoms. The molecule has 0 aliphatic rings. The van der Waals surface area contributed by atoms with Gasteiger partial charge in [0, 0.05) is 0 Å². The van der Waals surface area contributed by atoms with E-state index in [-0.39, 0.29) is 12.2 Å². The largest absolute Gasteiger partial charge is 0.469 e. The molecule has 1 heterocycles. The topological polar surface area (TPSA) is 30.2 Å². The summed E-state index contributed by atoms with van der Waals surface area (Å²) in [7, 11) is 0. The Balaban J connectivity index is 2.28. The zero-order chi connectivity index (χ0) is 11.5. The Hall–Kier alpha value is -1.25. The highest BCUT2D eigenvalue weighted by atomic mass is 35.5. The second-order valence-corrected chi connectivity index (χ2v) is 4.09. The molecule has 82 valence electrons. The number of benzene rings is 1. The first-order valence-corrected chi connectivity index (χ1v) is 5.43. The van der Waals surface area contributed by atoms with Crippen molar-refractivity contribution in [2.24, 2.45) is 0 Å². The van der Waals surface area contributed by atoms with E-state index in [1.165, 1.54) is 6.26 Å². The molecule has 0 bridgehead atoms. The highest BCUT2D eigenvalue weighted by Crippen LogP contribution is 2.25. The molecule has 2 aromatic rings. The molecule has 0 saturated carbocycles. The average molecular weight is 255 g/mol. The van der Waals surface area contributed by atoms with Crippen LogP contribution in [0.3, 0.4) is 0 Å². The van der Waals surface area contributed by atoms with Crippen LogP contribution in [0.1, 0.15) is 16.1 Å². The van der Waals surface area contributed by atoms with Crippen LogP contribution in [0.5, 0.6) is 0 Å². The number of hydrogen-bond donors (Lipinski definition) is 0. The van der Waals surface area contributed by atoms with Crippen LogP contribution in [0.4, 0.5) is 0 Å². The Labute approximate surface area is 103 Å². The van der Waals surface area contributed by atoms with Crippen molar-refractivity contribution in [3.63, 3.8) is 0 Å². The van der Waals surface area contributed by atoms with Gasteiger partial charge in [-0.25, -0.2) is 0 Å². The third-order valence-corrected chi connectivity index (χ3v) is 2.79. The van der Waals surface area contributed by atoms with Crippen LogP contribution in [0.2, 0.25) is 10.0 Å². The molecule has 0 fully saturated rings. The van der Waals surface area contributed by atoms with Gasteiger partial charge in [-0.1, -0.05) is 29.3 Å². The van der Waals surface area contributed by atoms with Crippen LogP contribution in [-0.4, -0.2) is 5.78 Å². The fourth-order valence-electron chi connectivity index (χ4n) is 1.42. The normalized spacial score (nSPS) is 10.4. The van der Waals surface area contributed by atoms with E-state index in [1.807, 2.05) is 0 Å². The molecule has 0 aliphatic carbocycles. The minimum absolute atomic E-state index is 0.148. The summed E-state index contributed by atoms with van der Waals surface area (Å²) in [4.78, 5) is 11.9. The number of hydrogen-bond acceptors (Lipinski definition) is 2. The Kier molecular flexibility index (Phi) is 3.32. The zero-order valence-corrected chi connectivity index (χ0v) is 9.76. The number of ketones is 1. The highest BCUT2D eigenvalue weighted by Gasteiger charge is 2.15. The van der Waals surface area contributed by atoms with Crippen molar-refractivity contribution in [1.82, 2.24) is 0 Å². The van der Waals surface area contributed by atoms with Crippen LogP contribution in [0, 0.1) is 0 Å². The molecule has 0 unspecified atom stereocenters. The first kappa shape index (κ1) is 11.2. The summed E-state index contributed by atoms with van der Waals surface area (Å²) in [6, 6.07) is 8.46. The van der Waals surface area contributed by atoms with E-state index in [4.69, 9.17) is 27.6 Å². The maximum atomic E-state index is 11.9. The smallest absolute Gasteiger partial charge is 0.173 e. The second-order valence-electron chi connectivity index (χ2n) is 3.28. The molecular formula is C12H8Cl2O2. The lowest BCUT2D eigenvalue weighted by molar-refractivity contribution is 0.0987. The molecule has 0 atom stereocenters. The lowest BCUT2D eigenvalue weighted by Crippen LogP contribution is -2.04. The molecule has 1 aromatic heterocycles. The van der Waals surface area contributed by atoms with E-state index in [2.05, 4.69) is 0 Å². The van der Waals surface area contributed by atoms with Crippen molar-refractivity contribution in [2.45, 2.75) is 6.42 Å². The molecule has 16 heavy (non-hydrogen) atoms. The second kappa shape index (κ2) is 4.73. The zero-order valence-electron chi connectivity index (χ0n) is 8.24. The van der Waals surface area contributed by atoms with Gasteiger partial charge in [-0.2, -0.15) is 0 Å². The highest BCUT2D eigenvalue weighted by molar-refractivity contribution is 6.39. The maximum Gasteiger partial charge on any atom is 0.173 e. The van der Waals surface area contributed by atoms with E-state index in [1.54, 1.807) is 30.3 Å². The molecule has 2 rings (SSSR count). The van der Waals surface area contributed by atoms with E-state index in [9.17, 15) is 4.79 Å². The third-order valence-electron chi connectivity index (χ3n) is 2.16. The van der Waals surface area contributed by atoms with Crippen LogP contribution < -0.4 is 0 Å². The fourth-order valence-corrected chi connectivity index (χ4v) is 2.03. The van der Waals surface area contributed by atoms with Gasteiger partial charge in [-0.05, 0) is 24.3 Å². The summed E-state index contributed by atoms with van der Waals surface area (Å²) in [5, 5.41) is 0.730. The van der Waals surface area contributed by atoms with Gasteiger partial charge in [0.25, 0.3) is 0 Å². The van der Waals surface area contributed by atoms with Crippen molar-refractivity contribution in [2.75, 3.05) is 0 Å². The predicted octanol–water partition coefficient (Wildman–Crippen LogP) is 4.01. The van der Waals surface area contributed by atoms with Gasteiger partial charge in [0.1, 0.15) is 5.76 Å². The quantitative estimate of drug-likeness (QED) is 0.775. The first-order chi connectivity index (χ1) is 7.68. The van der Waals surface area contributed by atoms with Crippen LogP contribution in [0.15, 0.2) is 41.0 Å². The molecular weight excluding hydrogens is 247 g/mol. The first-order valence-electron chi connectivity index (χ1n) is 4.68. The number of rotatable bonds is 3. The average Bonchev–Trinajstić information content (AvgIpc) is 2.70. The summed E-state index contributed by atoms with van der Waals surface area (Å²) in [6.45, 7) is 0. The standard InChI is InChI=1S/C12H8Cl2O2/c13-9-4-1-5-10(14)12(9)11(15)7-8-3-2-6-16-8/h1-6H,7H2. The van der Waals surface area contributed by atoms with Gasteiger partial charge in [-0.3, -0.25) is 4.79 Å². The Bertz CT molecular complexity index is 483. The summed E-state index contributed by atoms with van der Waals surface area (Å²) < 4.78 is 5.10. The summed E-state index contributed by atoms with van der Waals surface area (Å²) in [5.74, 6) is 0.450. The number of furan rings is 1. The number of carbonyl (C=O) groups is 1.